The summed E-state index contributed by atoms with van der Waals surface area (Å²) in [5.41, 5.74) is 1.03. The van der Waals surface area contributed by atoms with E-state index in [1.807, 2.05) is 18.2 Å². The number of aromatic nitrogens is 3. The molecule has 0 atom stereocenters. The summed E-state index contributed by atoms with van der Waals surface area (Å²) < 4.78 is 6.51. The summed E-state index contributed by atoms with van der Waals surface area (Å²) in [4.78, 5) is 40.3. The van der Waals surface area contributed by atoms with Crippen LogP contribution in [0.5, 0.6) is 0 Å². The van der Waals surface area contributed by atoms with Crippen LogP contribution in [-0.4, -0.2) is 39.2 Å². The number of pyridine rings is 1. The standard InChI is InChI=1S/C20H19N5O4/c1-3-29-20(28)16-12-22-25(15-7-5-4-6-8-15)18(16)24-19(27)14-9-10-21-17(11-14)23-13(2)26/h4-12H,3H2,1-2H3,(H,24,27)(H,21,23,26). The highest BCUT2D eigenvalue weighted by molar-refractivity contribution is 6.08. The molecule has 0 aliphatic rings. The summed E-state index contributed by atoms with van der Waals surface area (Å²) in [6, 6.07) is 12.0. The lowest BCUT2D eigenvalue weighted by atomic mass is 10.2. The lowest BCUT2D eigenvalue weighted by Crippen LogP contribution is -2.18. The molecular weight excluding hydrogens is 374 g/mol. The van der Waals surface area contributed by atoms with Crippen LogP contribution in [0.1, 0.15) is 34.6 Å². The summed E-state index contributed by atoms with van der Waals surface area (Å²) in [6.45, 7) is 3.23. The van der Waals surface area contributed by atoms with Crippen LogP contribution >= 0.6 is 0 Å². The number of ether oxygens (including phenoxy) is 1. The van der Waals surface area contributed by atoms with Crippen molar-refractivity contribution >= 4 is 29.4 Å². The summed E-state index contributed by atoms with van der Waals surface area (Å²) in [6.07, 6.45) is 2.75. The third kappa shape index (κ3) is 4.64. The molecule has 3 aromatic rings. The second kappa shape index (κ2) is 8.79. The fraction of sp³-hybridized carbons (Fsp3) is 0.150. The maximum absolute atomic E-state index is 12.8. The Hall–Kier alpha value is -4.01. The van der Waals surface area contributed by atoms with E-state index in [2.05, 4.69) is 20.7 Å². The minimum atomic E-state index is -0.598. The second-order valence-electron chi connectivity index (χ2n) is 5.94. The van der Waals surface area contributed by atoms with Gasteiger partial charge in [0.1, 0.15) is 11.4 Å². The molecule has 148 valence electrons. The van der Waals surface area contributed by atoms with Gasteiger partial charge in [0.05, 0.1) is 18.5 Å². The van der Waals surface area contributed by atoms with Crippen LogP contribution in [0.4, 0.5) is 11.6 Å². The van der Waals surface area contributed by atoms with Crippen molar-refractivity contribution < 1.29 is 19.1 Å². The molecule has 1 aromatic carbocycles. The number of hydrogen-bond acceptors (Lipinski definition) is 6. The summed E-state index contributed by atoms with van der Waals surface area (Å²) >= 11 is 0. The van der Waals surface area contributed by atoms with Gasteiger partial charge in [-0.05, 0) is 31.2 Å². The third-order valence-electron chi connectivity index (χ3n) is 3.82. The molecular formula is C20H19N5O4. The Balaban J connectivity index is 1.96. The molecule has 0 aliphatic heterocycles. The molecule has 2 aromatic heterocycles. The van der Waals surface area contributed by atoms with E-state index in [4.69, 9.17) is 4.74 Å². The zero-order valence-electron chi connectivity index (χ0n) is 15.9. The van der Waals surface area contributed by atoms with E-state index >= 15 is 0 Å². The molecule has 0 saturated heterocycles. The van der Waals surface area contributed by atoms with Crippen LogP contribution in [0.15, 0.2) is 54.9 Å². The van der Waals surface area contributed by atoms with Gasteiger partial charge in [0.25, 0.3) is 5.91 Å². The number of carbonyl (C=O) groups is 3. The summed E-state index contributed by atoms with van der Waals surface area (Å²) in [7, 11) is 0. The van der Waals surface area contributed by atoms with Gasteiger partial charge < -0.3 is 15.4 Å². The van der Waals surface area contributed by atoms with Crippen LogP contribution in [0.25, 0.3) is 5.69 Å². The molecule has 2 heterocycles. The molecule has 0 unspecified atom stereocenters. The SMILES string of the molecule is CCOC(=O)c1cnn(-c2ccccc2)c1NC(=O)c1ccnc(NC(C)=O)c1. The molecule has 0 radical (unpaired) electrons. The molecule has 2 N–H and O–H groups in total. The van der Waals surface area contributed by atoms with Crippen LogP contribution < -0.4 is 10.6 Å². The van der Waals surface area contributed by atoms with E-state index in [9.17, 15) is 14.4 Å². The first kappa shape index (κ1) is 19.7. The van der Waals surface area contributed by atoms with Crippen molar-refractivity contribution in [3.8, 4) is 5.69 Å². The van der Waals surface area contributed by atoms with Crippen molar-refractivity contribution in [1.82, 2.24) is 14.8 Å². The van der Waals surface area contributed by atoms with Crippen molar-refractivity contribution in [1.29, 1.82) is 0 Å². The van der Waals surface area contributed by atoms with Gasteiger partial charge in [0, 0.05) is 18.7 Å². The number of hydrogen-bond donors (Lipinski definition) is 2. The quantitative estimate of drug-likeness (QED) is 0.622. The van der Waals surface area contributed by atoms with E-state index in [0.29, 0.717) is 5.69 Å². The molecule has 0 bridgehead atoms. The Labute approximate surface area is 166 Å². The Morgan fingerprint density at radius 3 is 2.55 bits per heavy atom. The van der Waals surface area contributed by atoms with Gasteiger partial charge in [-0.3, -0.25) is 9.59 Å². The number of rotatable bonds is 6. The average Bonchev–Trinajstić information content (AvgIpc) is 3.12. The van der Waals surface area contributed by atoms with Crippen molar-refractivity contribution in [3.05, 3.63) is 66.0 Å². The van der Waals surface area contributed by atoms with Crippen LogP contribution in [0, 0.1) is 0 Å². The predicted octanol–water partition coefficient (Wildman–Crippen LogP) is 2.65. The lowest BCUT2D eigenvalue weighted by molar-refractivity contribution is -0.114. The number of carbonyl (C=O) groups excluding carboxylic acids is 3. The van der Waals surface area contributed by atoms with Crippen LogP contribution in [0.2, 0.25) is 0 Å². The van der Waals surface area contributed by atoms with Gasteiger partial charge in [-0.2, -0.15) is 5.10 Å². The number of nitrogens with one attached hydrogen (secondary N) is 2. The largest absolute Gasteiger partial charge is 0.462 e. The van der Waals surface area contributed by atoms with E-state index < -0.39 is 11.9 Å². The van der Waals surface area contributed by atoms with E-state index in [-0.39, 0.29) is 35.3 Å². The summed E-state index contributed by atoms with van der Waals surface area (Å²) in [5, 5.41) is 9.46. The van der Waals surface area contributed by atoms with E-state index in [1.54, 1.807) is 19.1 Å². The Morgan fingerprint density at radius 1 is 1.10 bits per heavy atom. The predicted molar refractivity (Wildman–Crippen MR) is 106 cm³/mol. The fourth-order valence-corrected chi connectivity index (χ4v) is 2.59. The first-order valence-corrected chi connectivity index (χ1v) is 8.85. The van der Waals surface area contributed by atoms with Gasteiger partial charge in [0.15, 0.2) is 5.82 Å². The molecule has 0 aliphatic carbocycles. The second-order valence-corrected chi connectivity index (χ2v) is 5.94. The van der Waals surface area contributed by atoms with Crippen molar-refractivity contribution in [2.24, 2.45) is 0 Å². The highest BCUT2D eigenvalue weighted by Gasteiger charge is 2.22. The molecule has 0 spiro atoms. The first-order chi connectivity index (χ1) is 14.0. The van der Waals surface area contributed by atoms with Crippen molar-refractivity contribution in [3.63, 3.8) is 0 Å². The van der Waals surface area contributed by atoms with Gasteiger partial charge in [-0.15, -0.1) is 0 Å². The van der Waals surface area contributed by atoms with E-state index in [0.717, 1.165) is 0 Å². The fourth-order valence-electron chi connectivity index (χ4n) is 2.59. The zero-order chi connectivity index (χ0) is 20.8. The number of anilines is 2. The number of benzene rings is 1. The maximum atomic E-state index is 12.8. The number of amides is 2. The van der Waals surface area contributed by atoms with E-state index in [1.165, 1.54) is 36.1 Å². The van der Waals surface area contributed by atoms with Crippen LogP contribution in [-0.2, 0) is 9.53 Å². The number of nitrogens with zero attached hydrogens (tertiary/aromatic N) is 3. The normalized spacial score (nSPS) is 10.3. The number of esters is 1. The highest BCUT2D eigenvalue weighted by atomic mass is 16.5. The summed E-state index contributed by atoms with van der Waals surface area (Å²) in [5.74, 6) is -0.979. The highest BCUT2D eigenvalue weighted by Crippen LogP contribution is 2.22. The van der Waals surface area contributed by atoms with Crippen molar-refractivity contribution in [2.75, 3.05) is 17.2 Å². The first-order valence-electron chi connectivity index (χ1n) is 8.85. The van der Waals surface area contributed by atoms with Crippen LogP contribution in [0.3, 0.4) is 0 Å². The Morgan fingerprint density at radius 2 is 1.86 bits per heavy atom. The van der Waals surface area contributed by atoms with Gasteiger partial charge >= 0.3 is 5.97 Å². The minimum Gasteiger partial charge on any atom is -0.462 e. The smallest absolute Gasteiger partial charge is 0.343 e. The number of para-hydroxylation sites is 1. The topological polar surface area (TPSA) is 115 Å². The molecule has 9 heteroatoms. The molecule has 0 fully saturated rings. The molecule has 0 saturated carbocycles. The van der Waals surface area contributed by atoms with Gasteiger partial charge in [-0.25, -0.2) is 14.5 Å². The minimum absolute atomic E-state index is 0.125. The molecule has 2 amide bonds. The van der Waals surface area contributed by atoms with Gasteiger partial charge in [0.2, 0.25) is 5.91 Å². The maximum Gasteiger partial charge on any atom is 0.343 e. The molecule has 9 nitrogen and oxygen atoms in total. The third-order valence-corrected chi connectivity index (χ3v) is 3.82. The average molecular weight is 393 g/mol. The van der Waals surface area contributed by atoms with Crippen molar-refractivity contribution in [2.45, 2.75) is 13.8 Å². The molecule has 29 heavy (non-hydrogen) atoms. The monoisotopic (exact) mass is 393 g/mol. The Bertz CT molecular complexity index is 1050. The molecule has 3 rings (SSSR count). The van der Waals surface area contributed by atoms with Gasteiger partial charge in [-0.1, -0.05) is 18.2 Å². The zero-order valence-corrected chi connectivity index (χ0v) is 15.9. The Kier molecular flexibility index (Phi) is 5.98. The lowest BCUT2D eigenvalue weighted by Gasteiger charge is -2.11.